The van der Waals surface area contributed by atoms with Gasteiger partial charge in [0, 0.05) is 6.54 Å². The summed E-state index contributed by atoms with van der Waals surface area (Å²) < 4.78 is 4.80. The van der Waals surface area contributed by atoms with Crippen molar-refractivity contribution in [1.29, 1.82) is 0 Å². The molecule has 1 aliphatic carbocycles. The molecule has 4 unspecified atom stereocenters. The van der Waals surface area contributed by atoms with Crippen molar-refractivity contribution in [1.82, 2.24) is 0 Å². The van der Waals surface area contributed by atoms with Gasteiger partial charge >= 0.3 is 5.97 Å². The molecule has 0 aliphatic heterocycles. The van der Waals surface area contributed by atoms with Crippen LogP contribution in [-0.4, -0.2) is 19.6 Å². The normalized spacial score (nSPS) is 33.5. The summed E-state index contributed by atoms with van der Waals surface area (Å²) in [4.78, 5) is 11.5. The van der Waals surface area contributed by atoms with Crippen molar-refractivity contribution in [2.75, 3.05) is 13.7 Å². The Balaban J connectivity index is 2.58. The lowest BCUT2D eigenvalue weighted by atomic mass is 9.71. The fourth-order valence-corrected chi connectivity index (χ4v) is 2.59. The van der Waals surface area contributed by atoms with Crippen LogP contribution in [-0.2, 0) is 9.53 Å². The number of esters is 1. The Morgan fingerprint density at radius 1 is 1.40 bits per heavy atom. The minimum Gasteiger partial charge on any atom is -0.469 e. The van der Waals surface area contributed by atoms with Crippen LogP contribution in [0.5, 0.6) is 0 Å². The third kappa shape index (κ3) is 2.94. The summed E-state index contributed by atoms with van der Waals surface area (Å²) in [6, 6.07) is 0. The van der Waals surface area contributed by atoms with E-state index in [1.807, 2.05) is 0 Å². The van der Waals surface area contributed by atoms with Gasteiger partial charge in [0.1, 0.15) is 0 Å². The van der Waals surface area contributed by atoms with E-state index in [2.05, 4.69) is 13.8 Å². The molecule has 0 spiro atoms. The highest BCUT2D eigenvalue weighted by Crippen LogP contribution is 2.37. The van der Waals surface area contributed by atoms with Crippen molar-refractivity contribution >= 4 is 5.97 Å². The van der Waals surface area contributed by atoms with Crippen LogP contribution in [0, 0.1) is 23.7 Å². The largest absolute Gasteiger partial charge is 0.469 e. The van der Waals surface area contributed by atoms with Crippen LogP contribution < -0.4 is 5.73 Å². The fourth-order valence-electron chi connectivity index (χ4n) is 2.59. The first-order valence-electron chi connectivity index (χ1n) is 5.88. The van der Waals surface area contributed by atoms with Crippen LogP contribution in [0.15, 0.2) is 0 Å². The first kappa shape index (κ1) is 12.5. The van der Waals surface area contributed by atoms with Gasteiger partial charge in [-0.3, -0.25) is 4.79 Å². The third-order valence-electron chi connectivity index (χ3n) is 3.97. The molecule has 0 aromatic carbocycles. The summed E-state index contributed by atoms with van der Waals surface area (Å²) in [5, 5.41) is 0. The maximum atomic E-state index is 11.5. The van der Waals surface area contributed by atoms with Gasteiger partial charge in [-0.1, -0.05) is 20.3 Å². The second kappa shape index (κ2) is 5.50. The van der Waals surface area contributed by atoms with Crippen LogP contribution in [0.3, 0.4) is 0 Å². The molecule has 2 N–H and O–H groups in total. The fraction of sp³-hybridized carbons (Fsp3) is 0.917. The smallest absolute Gasteiger partial charge is 0.310 e. The van der Waals surface area contributed by atoms with Gasteiger partial charge in [-0.15, -0.1) is 0 Å². The number of rotatable bonds is 3. The van der Waals surface area contributed by atoms with Gasteiger partial charge < -0.3 is 10.5 Å². The molecule has 1 fully saturated rings. The van der Waals surface area contributed by atoms with Gasteiger partial charge in [-0.2, -0.15) is 0 Å². The summed E-state index contributed by atoms with van der Waals surface area (Å²) in [7, 11) is 1.44. The number of hydrogen-bond acceptors (Lipinski definition) is 3. The predicted molar refractivity (Wildman–Crippen MR) is 60.2 cm³/mol. The van der Waals surface area contributed by atoms with Gasteiger partial charge in [0.2, 0.25) is 0 Å². The average Bonchev–Trinajstić information content (AvgIpc) is 2.24. The number of carbonyl (C=O) groups excluding carboxylic acids is 1. The molecule has 15 heavy (non-hydrogen) atoms. The maximum Gasteiger partial charge on any atom is 0.310 e. The zero-order valence-corrected chi connectivity index (χ0v) is 10.0. The van der Waals surface area contributed by atoms with E-state index in [1.165, 1.54) is 13.5 Å². The highest BCUT2D eigenvalue weighted by molar-refractivity contribution is 5.72. The Hall–Kier alpha value is -0.570. The number of nitrogens with two attached hydrogens (primary N) is 1. The number of carbonyl (C=O) groups is 1. The zero-order valence-electron chi connectivity index (χ0n) is 10.0. The molecule has 4 atom stereocenters. The highest BCUT2D eigenvalue weighted by Gasteiger charge is 2.33. The summed E-state index contributed by atoms with van der Waals surface area (Å²) in [6.45, 7) is 4.97. The standard InChI is InChI=1S/C12H23NO2/c1-8-4-5-10(6-9(8)2)11(7-13)12(14)15-3/h8-11H,4-7,13H2,1-3H3. The molecule has 88 valence electrons. The average molecular weight is 213 g/mol. The van der Waals surface area contributed by atoms with Gasteiger partial charge in [0.05, 0.1) is 13.0 Å². The molecule has 0 aromatic heterocycles. The third-order valence-corrected chi connectivity index (χ3v) is 3.97. The van der Waals surface area contributed by atoms with E-state index >= 15 is 0 Å². The van der Waals surface area contributed by atoms with Gasteiger partial charge in [0.25, 0.3) is 0 Å². The quantitative estimate of drug-likeness (QED) is 0.727. The predicted octanol–water partition coefficient (Wildman–Crippen LogP) is 1.81. The van der Waals surface area contributed by atoms with Gasteiger partial charge in [-0.25, -0.2) is 0 Å². The minimum atomic E-state index is -0.135. The molecule has 3 heteroatoms. The molecule has 1 rings (SSSR count). The SMILES string of the molecule is COC(=O)C(CN)C1CCC(C)C(C)C1. The number of methoxy groups -OCH3 is 1. The molecular weight excluding hydrogens is 190 g/mol. The van der Waals surface area contributed by atoms with Crippen molar-refractivity contribution in [2.45, 2.75) is 33.1 Å². The lowest BCUT2D eigenvalue weighted by Crippen LogP contribution is -2.36. The number of hydrogen-bond donors (Lipinski definition) is 1. The van der Waals surface area contributed by atoms with Crippen molar-refractivity contribution < 1.29 is 9.53 Å². The lowest BCUT2D eigenvalue weighted by molar-refractivity contribution is -0.147. The Labute approximate surface area is 92.4 Å². The van der Waals surface area contributed by atoms with Crippen molar-refractivity contribution in [3.8, 4) is 0 Å². The van der Waals surface area contributed by atoms with E-state index in [9.17, 15) is 4.79 Å². The van der Waals surface area contributed by atoms with E-state index in [0.717, 1.165) is 18.8 Å². The van der Waals surface area contributed by atoms with E-state index in [4.69, 9.17) is 10.5 Å². The summed E-state index contributed by atoms with van der Waals surface area (Å²) in [6.07, 6.45) is 3.43. The summed E-state index contributed by atoms with van der Waals surface area (Å²) in [5.41, 5.74) is 5.66. The summed E-state index contributed by atoms with van der Waals surface area (Å²) in [5.74, 6) is 1.67. The van der Waals surface area contributed by atoms with Gasteiger partial charge in [0.15, 0.2) is 0 Å². The van der Waals surface area contributed by atoms with Crippen LogP contribution in [0.1, 0.15) is 33.1 Å². The molecule has 0 bridgehead atoms. The molecule has 1 aliphatic rings. The first-order chi connectivity index (χ1) is 7.10. The Morgan fingerprint density at radius 3 is 2.53 bits per heavy atom. The molecule has 0 aromatic rings. The Morgan fingerprint density at radius 2 is 2.07 bits per heavy atom. The number of ether oxygens (including phenoxy) is 1. The van der Waals surface area contributed by atoms with E-state index < -0.39 is 0 Å². The second-order valence-electron chi connectivity index (χ2n) is 4.89. The topological polar surface area (TPSA) is 52.3 Å². The van der Waals surface area contributed by atoms with Crippen LogP contribution in [0.25, 0.3) is 0 Å². The van der Waals surface area contributed by atoms with Crippen LogP contribution in [0.2, 0.25) is 0 Å². The first-order valence-corrected chi connectivity index (χ1v) is 5.88. The molecule has 0 radical (unpaired) electrons. The molecule has 0 saturated heterocycles. The molecule has 3 nitrogen and oxygen atoms in total. The molecule has 0 amide bonds. The maximum absolute atomic E-state index is 11.5. The van der Waals surface area contributed by atoms with Crippen LogP contribution in [0.4, 0.5) is 0 Å². The zero-order chi connectivity index (χ0) is 11.4. The molecule has 1 saturated carbocycles. The molecule has 0 heterocycles. The highest BCUT2D eigenvalue weighted by atomic mass is 16.5. The monoisotopic (exact) mass is 213 g/mol. The van der Waals surface area contributed by atoms with Crippen molar-refractivity contribution in [2.24, 2.45) is 29.4 Å². The van der Waals surface area contributed by atoms with Crippen molar-refractivity contribution in [3.05, 3.63) is 0 Å². The van der Waals surface area contributed by atoms with Crippen LogP contribution >= 0.6 is 0 Å². The van der Waals surface area contributed by atoms with Gasteiger partial charge in [-0.05, 0) is 30.6 Å². The lowest BCUT2D eigenvalue weighted by Gasteiger charge is -2.35. The second-order valence-corrected chi connectivity index (χ2v) is 4.89. The van der Waals surface area contributed by atoms with E-state index in [-0.39, 0.29) is 11.9 Å². The van der Waals surface area contributed by atoms with E-state index in [0.29, 0.717) is 18.4 Å². The minimum absolute atomic E-state index is 0.0926. The van der Waals surface area contributed by atoms with E-state index in [1.54, 1.807) is 0 Å². The Bertz CT molecular complexity index is 218. The Kier molecular flexibility index (Phi) is 4.58. The summed E-state index contributed by atoms with van der Waals surface area (Å²) >= 11 is 0. The van der Waals surface area contributed by atoms with Crippen molar-refractivity contribution in [3.63, 3.8) is 0 Å². The molecular formula is C12H23NO2.